The molecule has 112 valence electrons. The van der Waals surface area contributed by atoms with E-state index in [0.29, 0.717) is 25.9 Å². The van der Waals surface area contributed by atoms with E-state index in [1.54, 1.807) is 11.0 Å². The van der Waals surface area contributed by atoms with Crippen molar-refractivity contribution < 1.29 is 13.6 Å². The molecule has 1 N–H and O–H groups in total. The van der Waals surface area contributed by atoms with Gasteiger partial charge in [0.25, 0.3) is 0 Å². The van der Waals surface area contributed by atoms with Gasteiger partial charge in [-0.3, -0.25) is 4.79 Å². The fourth-order valence-electron chi connectivity index (χ4n) is 2.64. The Hall–Kier alpha value is -2.16. The number of halogens is 2. The van der Waals surface area contributed by atoms with Crippen molar-refractivity contribution in [3.8, 4) is 6.07 Å². The maximum atomic E-state index is 14.0. The van der Waals surface area contributed by atoms with Crippen LogP contribution in [-0.4, -0.2) is 25.5 Å². The number of carbonyl (C=O) groups excluding carboxylic acids is 1. The first-order valence-corrected chi connectivity index (χ1v) is 6.98. The van der Waals surface area contributed by atoms with Crippen molar-refractivity contribution in [3.63, 3.8) is 0 Å². The highest BCUT2D eigenvalue weighted by atomic mass is 19.1. The molecule has 1 amide bonds. The van der Waals surface area contributed by atoms with Gasteiger partial charge in [-0.05, 0) is 31.9 Å². The molecule has 0 bridgehead atoms. The lowest BCUT2D eigenvalue weighted by molar-refractivity contribution is -0.125. The number of nitriles is 1. The molecule has 1 aliphatic heterocycles. The summed E-state index contributed by atoms with van der Waals surface area (Å²) in [4.78, 5) is 13.4. The third kappa shape index (κ3) is 3.30. The molecular formula is C15H17F2N3O. The van der Waals surface area contributed by atoms with Crippen molar-refractivity contribution in [2.24, 2.45) is 5.92 Å². The maximum absolute atomic E-state index is 14.0. The SMILES string of the molecule is CCNC(=O)[C@H]1CCCN(c2c(F)cc(C#N)cc2F)C1. The van der Waals surface area contributed by atoms with Gasteiger partial charge in [0.15, 0.2) is 11.6 Å². The second-order valence-corrected chi connectivity index (χ2v) is 5.08. The molecule has 6 heteroatoms. The van der Waals surface area contributed by atoms with E-state index in [9.17, 15) is 13.6 Å². The number of anilines is 1. The zero-order chi connectivity index (χ0) is 15.4. The van der Waals surface area contributed by atoms with Crippen LogP contribution in [0.2, 0.25) is 0 Å². The Balaban J connectivity index is 2.22. The van der Waals surface area contributed by atoms with E-state index in [4.69, 9.17) is 5.26 Å². The van der Waals surface area contributed by atoms with Crippen molar-refractivity contribution >= 4 is 11.6 Å². The third-order valence-corrected chi connectivity index (χ3v) is 3.61. The number of rotatable bonds is 3. The lowest BCUT2D eigenvalue weighted by Gasteiger charge is -2.34. The number of nitrogens with zero attached hydrogens (tertiary/aromatic N) is 2. The molecule has 4 nitrogen and oxygen atoms in total. The zero-order valence-electron chi connectivity index (χ0n) is 11.8. The summed E-state index contributed by atoms with van der Waals surface area (Å²) >= 11 is 0. The summed E-state index contributed by atoms with van der Waals surface area (Å²) < 4.78 is 28.1. The van der Waals surface area contributed by atoms with E-state index in [0.717, 1.165) is 12.1 Å². The Morgan fingerprint density at radius 1 is 1.48 bits per heavy atom. The van der Waals surface area contributed by atoms with Gasteiger partial charge < -0.3 is 10.2 Å². The average Bonchev–Trinajstić information content (AvgIpc) is 2.47. The maximum Gasteiger partial charge on any atom is 0.224 e. The highest BCUT2D eigenvalue weighted by molar-refractivity contribution is 5.79. The minimum absolute atomic E-state index is 0.0500. The van der Waals surface area contributed by atoms with Crippen LogP contribution in [0.4, 0.5) is 14.5 Å². The highest BCUT2D eigenvalue weighted by Crippen LogP contribution is 2.29. The molecule has 0 radical (unpaired) electrons. The van der Waals surface area contributed by atoms with E-state index in [2.05, 4.69) is 5.32 Å². The molecule has 0 saturated carbocycles. The Labute approximate surface area is 122 Å². The van der Waals surface area contributed by atoms with Crippen LogP contribution in [0.1, 0.15) is 25.3 Å². The Morgan fingerprint density at radius 3 is 2.71 bits per heavy atom. The molecule has 1 aliphatic rings. The number of nitrogens with one attached hydrogen (secondary N) is 1. The van der Waals surface area contributed by atoms with Crippen LogP contribution in [0.5, 0.6) is 0 Å². The molecular weight excluding hydrogens is 276 g/mol. The predicted molar refractivity (Wildman–Crippen MR) is 74.7 cm³/mol. The number of piperidine rings is 1. The van der Waals surface area contributed by atoms with Crippen molar-refractivity contribution in [1.29, 1.82) is 5.26 Å². The molecule has 0 unspecified atom stereocenters. The highest BCUT2D eigenvalue weighted by Gasteiger charge is 2.28. The van der Waals surface area contributed by atoms with Crippen LogP contribution in [0, 0.1) is 28.9 Å². The lowest BCUT2D eigenvalue weighted by Crippen LogP contribution is -2.43. The standard InChI is InChI=1S/C15H17F2N3O/c1-2-19-15(21)11-4-3-5-20(9-11)14-12(16)6-10(8-18)7-13(14)17/h6-7,11H,2-5,9H2,1H3,(H,19,21)/t11-/m0/s1. The van der Waals surface area contributed by atoms with E-state index >= 15 is 0 Å². The minimum atomic E-state index is -0.761. The van der Waals surface area contributed by atoms with Gasteiger partial charge in [-0.25, -0.2) is 8.78 Å². The summed E-state index contributed by atoms with van der Waals surface area (Å²) in [6.07, 6.45) is 1.41. The van der Waals surface area contributed by atoms with Crippen LogP contribution < -0.4 is 10.2 Å². The van der Waals surface area contributed by atoms with Crippen LogP contribution in [-0.2, 0) is 4.79 Å². The Kier molecular flexibility index (Phi) is 4.73. The molecule has 1 heterocycles. The van der Waals surface area contributed by atoms with E-state index in [1.165, 1.54) is 0 Å². The number of carbonyl (C=O) groups is 1. The fraction of sp³-hybridized carbons (Fsp3) is 0.467. The second-order valence-electron chi connectivity index (χ2n) is 5.08. The van der Waals surface area contributed by atoms with Gasteiger partial charge in [0.1, 0.15) is 5.69 Å². The Morgan fingerprint density at radius 2 is 2.14 bits per heavy atom. The molecule has 1 aromatic rings. The summed E-state index contributed by atoms with van der Waals surface area (Å²) in [5.41, 5.74) is -0.200. The molecule has 0 aromatic heterocycles. The second kappa shape index (κ2) is 6.53. The van der Waals surface area contributed by atoms with Gasteiger partial charge in [0.05, 0.1) is 17.6 Å². The number of benzene rings is 1. The number of hydrogen-bond acceptors (Lipinski definition) is 3. The van der Waals surface area contributed by atoms with Crippen LogP contribution >= 0.6 is 0 Å². The first-order valence-electron chi connectivity index (χ1n) is 6.98. The summed E-state index contributed by atoms with van der Waals surface area (Å²) in [5, 5.41) is 11.5. The van der Waals surface area contributed by atoms with Crippen molar-refractivity contribution in [3.05, 3.63) is 29.3 Å². The molecule has 1 atom stereocenters. The largest absolute Gasteiger partial charge is 0.366 e. The molecule has 0 aliphatic carbocycles. The van der Waals surface area contributed by atoms with Gasteiger partial charge in [0, 0.05) is 19.6 Å². The van der Waals surface area contributed by atoms with Gasteiger partial charge in [-0.1, -0.05) is 0 Å². The minimum Gasteiger partial charge on any atom is -0.366 e. The third-order valence-electron chi connectivity index (χ3n) is 3.61. The summed E-state index contributed by atoms with van der Waals surface area (Å²) in [5.74, 6) is -1.88. The summed E-state index contributed by atoms with van der Waals surface area (Å²) in [6, 6.07) is 3.76. The van der Waals surface area contributed by atoms with Crippen LogP contribution in [0.3, 0.4) is 0 Å². The molecule has 1 aromatic carbocycles. The van der Waals surface area contributed by atoms with E-state index in [1.807, 2.05) is 6.92 Å². The first-order chi connectivity index (χ1) is 10.1. The number of amides is 1. The predicted octanol–water partition coefficient (Wildman–Crippen LogP) is 2.19. The lowest BCUT2D eigenvalue weighted by atomic mass is 9.96. The molecule has 21 heavy (non-hydrogen) atoms. The molecule has 0 spiro atoms. The zero-order valence-corrected chi connectivity index (χ0v) is 11.8. The van der Waals surface area contributed by atoms with Crippen molar-refractivity contribution in [1.82, 2.24) is 5.32 Å². The molecule has 2 rings (SSSR count). The topological polar surface area (TPSA) is 56.1 Å². The fourth-order valence-corrected chi connectivity index (χ4v) is 2.64. The average molecular weight is 293 g/mol. The summed E-state index contributed by atoms with van der Waals surface area (Å²) in [6.45, 7) is 3.15. The van der Waals surface area contributed by atoms with Crippen LogP contribution in [0.15, 0.2) is 12.1 Å². The van der Waals surface area contributed by atoms with Gasteiger partial charge in [-0.2, -0.15) is 5.26 Å². The van der Waals surface area contributed by atoms with Crippen molar-refractivity contribution in [2.75, 3.05) is 24.5 Å². The Bertz CT molecular complexity index is 560. The van der Waals surface area contributed by atoms with E-state index in [-0.39, 0.29) is 29.6 Å². The molecule has 1 fully saturated rings. The normalized spacial score (nSPS) is 18.2. The van der Waals surface area contributed by atoms with Crippen molar-refractivity contribution in [2.45, 2.75) is 19.8 Å². The number of hydrogen-bond donors (Lipinski definition) is 1. The molecule has 1 saturated heterocycles. The smallest absolute Gasteiger partial charge is 0.224 e. The van der Waals surface area contributed by atoms with E-state index < -0.39 is 11.6 Å². The van der Waals surface area contributed by atoms with Gasteiger partial charge in [0.2, 0.25) is 5.91 Å². The first kappa shape index (κ1) is 15.2. The summed E-state index contributed by atoms with van der Waals surface area (Å²) in [7, 11) is 0. The van der Waals surface area contributed by atoms with Gasteiger partial charge >= 0.3 is 0 Å². The van der Waals surface area contributed by atoms with Gasteiger partial charge in [-0.15, -0.1) is 0 Å². The monoisotopic (exact) mass is 293 g/mol. The van der Waals surface area contributed by atoms with Crippen LogP contribution in [0.25, 0.3) is 0 Å². The quantitative estimate of drug-likeness (QED) is 0.929.